The number of aldehydes is 1. The average molecular weight is 424 g/mol. The standard InChI is InChI=1S/C22H14ClNO4S/c23-16-11-12-19-18(13-16)21(15-7-3-1-4-8-15)22(20(14-25)24(19)26)29(27,28)17-9-5-2-6-10-17/h1-14H. The highest BCUT2D eigenvalue weighted by atomic mass is 35.5. The summed E-state index contributed by atoms with van der Waals surface area (Å²) in [5.74, 6) is 0. The molecule has 0 radical (unpaired) electrons. The molecule has 4 aromatic rings. The first-order chi connectivity index (χ1) is 13.9. The lowest BCUT2D eigenvalue weighted by Gasteiger charge is -2.16. The second-order valence-electron chi connectivity index (χ2n) is 6.35. The Morgan fingerprint density at radius 3 is 2.14 bits per heavy atom. The summed E-state index contributed by atoms with van der Waals surface area (Å²) in [5.41, 5.74) is 0.504. The Hall–Kier alpha value is -3.22. The smallest absolute Gasteiger partial charge is 0.277 e. The van der Waals surface area contributed by atoms with Crippen LogP contribution in [0.2, 0.25) is 5.02 Å². The Balaban J connectivity index is 2.26. The molecule has 29 heavy (non-hydrogen) atoms. The maximum absolute atomic E-state index is 13.5. The van der Waals surface area contributed by atoms with Crippen molar-refractivity contribution in [1.82, 2.24) is 0 Å². The summed E-state index contributed by atoms with van der Waals surface area (Å²) in [7, 11) is -4.18. The van der Waals surface area contributed by atoms with Gasteiger partial charge >= 0.3 is 0 Å². The lowest BCUT2D eigenvalue weighted by molar-refractivity contribution is -0.580. The van der Waals surface area contributed by atoms with E-state index >= 15 is 0 Å². The topological polar surface area (TPSA) is 78.2 Å². The van der Waals surface area contributed by atoms with Crippen LogP contribution in [0.1, 0.15) is 10.5 Å². The zero-order valence-electron chi connectivity index (χ0n) is 14.9. The molecule has 144 valence electrons. The Morgan fingerprint density at radius 2 is 1.52 bits per heavy atom. The fourth-order valence-corrected chi connectivity index (χ4v) is 5.17. The number of benzene rings is 3. The SMILES string of the molecule is O=Cc1c(S(=O)(=O)c2ccccc2)c(-c2ccccc2)c2cc(Cl)ccc2[n+]1[O-]. The van der Waals surface area contributed by atoms with E-state index in [1.54, 1.807) is 48.5 Å². The number of halogens is 1. The van der Waals surface area contributed by atoms with Gasteiger partial charge in [0.05, 0.1) is 10.3 Å². The summed E-state index contributed by atoms with van der Waals surface area (Å²) in [6.07, 6.45) is 0.281. The summed E-state index contributed by atoms with van der Waals surface area (Å²) >= 11 is 6.16. The van der Waals surface area contributed by atoms with Crippen LogP contribution >= 0.6 is 11.6 Å². The molecular weight excluding hydrogens is 410 g/mol. The number of fused-ring (bicyclic) bond motifs is 1. The van der Waals surface area contributed by atoms with Crippen molar-refractivity contribution in [3.05, 3.63) is 94.8 Å². The lowest BCUT2D eigenvalue weighted by Crippen LogP contribution is -2.35. The Kier molecular flexibility index (Phi) is 4.82. The van der Waals surface area contributed by atoms with Gasteiger partial charge in [0, 0.05) is 16.7 Å². The Bertz CT molecular complexity index is 1340. The van der Waals surface area contributed by atoms with Crippen LogP contribution in [0.5, 0.6) is 0 Å². The molecule has 7 heteroatoms. The molecule has 0 bridgehead atoms. The maximum Gasteiger partial charge on any atom is 0.277 e. The molecule has 1 aromatic heterocycles. The summed E-state index contributed by atoms with van der Waals surface area (Å²) in [4.78, 5) is 11.6. The van der Waals surface area contributed by atoms with Crippen molar-refractivity contribution in [3.63, 3.8) is 0 Å². The van der Waals surface area contributed by atoms with E-state index in [1.807, 2.05) is 0 Å². The highest BCUT2D eigenvalue weighted by Crippen LogP contribution is 2.38. The van der Waals surface area contributed by atoms with Gasteiger partial charge in [-0.1, -0.05) is 60.1 Å². The molecule has 0 aliphatic rings. The van der Waals surface area contributed by atoms with Gasteiger partial charge in [0.1, 0.15) is 0 Å². The number of hydrogen-bond donors (Lipinski definition) is 0. The van der Waals surface area contributed by atoms with E-state index in [9.17, 15) is 18.4 Å². The van der Waals surface area contributed by atoms with E-state index < -0.39 is 15.5 Å². The number of pyridine rings is 1. The molecule has 0 amide bonds. The van der Waals surface area contributed by atoms with Crippen LogP contribution in [0.25, 0.3) is 22.0 Å². The van der Waals surface area contributed by atoms with E-state index in [0.29, 0.717) is 20.7 Å². The lowest BCUT2D eigenvalue weighted by atomic mass is 10.00. The van der Waals surface area contributed by atoms with Crippen molar-refractivity contribution >= 4 is 38.6 Å². The van der Waals surface area contributed by atoms with Crippen molar-refractivity contribution < 1.29 is 17.9 Å². The number of hydrogen-bond acceptors (Lipinski definition) is 4. The van der Waals surface area contributed by atoms with Gasteiger partial charge in [-0.05, 0) is 29.8 Å². The van der Waals surface area contributed by atoms with Crippen LogP contribution in [0.3, 0.4) is 0 Å². The van der Waals surface area contributed by atoms with Crippen LogP contribution in [-0.2, 0) is 9.84 Å². The van der Waals surface area contributed by atoms with Gasteiger partial charge in [0.25, 0.3) is 5.69 Å². The van der Waals surface area contributed by atoms with Crippen LogP contribution in [0.4, 0.5) is 0 Å². The molecule has 0 atom stereocenters. The third kappa shape index (κ3) is 3.16. The molecule has 0 unspecified atom stereocenters. The molecule has 1 heterocycles. The van der Waals surface area contributed by atoms with Gasteiger partial charge in [0.15, 0.2) is 4.90 Å². The molecule has 0 saturated heterocycles. The van der Waals surface area contributed by atoms with Crippen LogP contribution in [0, 0.1) is 5.21 Å². The van der Waals surface area contributed by atoms with Gasteiger partial charge < -0.3 is 5.21 Å². The summed E-state index contributed by atoms with van der Waals surface area (Å²) in [6.45, 7) is 0. The van der Waals surface area contributed by atoms with Crippen molar-refractivity contribution in [2.45, 2.75) is 9.79 Å². The highest BCUT2D eigenvalue weighted by Gasteiger charge is 2.34. The fourth-order valence-electron chi connectivity index (χ4n) is 3.34. The summed E-state index contributed by atoms with van der Waals surface area (Å²) < 4.78 is 27.4. The number of nitrogens with zero attached hydrogens (tertiary/aromatic N) is 1. The van der Waals surface area contributed by atoms with Crippen molar-refractivity contribution in [3.8, 4) is 11.1 Å². The largest absolute Gasteiger partial charge is 0.618 e. The van der Waals surface area contributed by atoms with E-state index in [2.05, 4.69) is 0 Å². The molecule has 0 spiro atoms. The minimum Gasteiger partial charge on any atom is -0.618 e. The molecule has 5 nitrogen and oxygen atoms in total. The van der Waals surface area contributed by atoms with Crippen LogP contribution in [-0.4, -0.2) is 14.7 Å². The molecular formula is C22H14ClNO4S. The second-order valence-corrected chi connectivity index (χ2v) is 8.67. The predicted molar refractivity (Wildman–Crippen MR) is 111 cm³/mol. The third-order valence-electron chi connectivity index (χ3n) is 4.62. The van der Waals surface area contributed by atoms with Gasteiger partial charge in [-0.15, -0.1) is 0 Å². The number of carbonyl (C=O) groups excluding carboxylic acids is 1. The predicted octanol–water partition coefficient (Wildman–Crippen LogP) is 4.44. The molecule has 4 rings (SSSR count). The van der Waals surface area contributed by atoms with Crippen LogP contribution in [0.15, 0.2) is 88.7 Å². The number of rotatable bonds is 4. The molecule has 0 saturated carbocycles. The maximum atomic E-state index is 13.5. The summed E-state index contributed by atoms with van der Waals surface area (Å²) in [5, 5.41) is 13.6. The number of aromatic nitrogens is 1. The third-order valence-corrected chi connectivity index (χ3v) is 6.70. The first-order valence-electron chi connectivity index (χ1n) is 8.64. The van der Waals surface area contributed by atoms with Crippen molar-refractivity contribution in [2.24, 2.45) is 0 Å². The zero-order valence-corrected chi connectivity index (χ0v) is 16.5. The quantitative estimate of drug-likeness (QED) is 0.276. The van der Waals surface area contributed by atoms with Gasteiger partial charge in [0.2, 0.25) is 21.6 Å². The molecule has 3 aromatic carbocycles. The van der Waals surface area contributed by atoms with Crippen molar-refractivity contribution in [1.29, 1.82) is 0 Å². The summed E-state index contributed by atoms with van der Waals surface area (Å²) in [6, 6.07) is 21.0. The first kappa shape index (κ1) is 19.1. The van der Waals surface area contributed by atoms with E-state index in [4.69, 9.17) is 11.6 Å². The zero-order chi connectivity index (χ0) is 20.6. The van der Waals surface area contributed by atoms with Gasteiger partial charge in [-0.3, -0.25) is 4.79 Å². The van der Waals surface area contributed by atoms with E-state index in [-0.39, 0.29) is 27.2 Å². The Morgan fingerprint density at radius 1 is 0.897 bits per heavy atom. The van der Waals surface area contributed by atoms with E-state index in [0.717, 1.165) is 0 Å². The monoisotopic (exact) mass is 423 g/mol. The molecule has 0 aliphatic heterocycles. The minimum atomic E-state index is -4.18. The van der Waals surface area contributed by atoms with Gasteiger partial charge in [-0.25, -0.2) is 8.42 Å². The second kappa shape index (κ2) is 7.31. The van der Waals surface area contributed by atoms with Crippen LogP contribution < -0.4 is 4.73 Å². The normalized spacial score (nSPS) is 11.5. The number of carbonyl (C=O) groups is 1. The minimum absolute atomic E-state index is 0.0124. The average Bonchev–Trinajstić information content (AvgIpc) is 2.74. The van der Waals surface area contributed by atoms with Gasteiger partial charge in [-0.2, -0.15) is 4.73 Å². The van der Waals surface area contributed by atoms with E-state index in [1.165, 1.54) is 30.3 Å². The number of sulfone groups is 1. The fraction of sp³-hybridized carbons (Fsp3) is 0. The molecule has 0 aliphatic carbocycles. The first-order valence-corrected chi connectivity index (χ1v) is 10.5. The Labute approximate surface area is 172 Å². The molecule has 0 fully saturated rings. The highest BCUT2D eigenvalue weighted by molar-refractivity contribution is 7.91. The molecule has 0 N–H and O–H groups in total. The van der Waals surface area contributed by atoms with Crippen molar-refractivity contribution in [2.75, 3.05) is 0 Å².